The molecule has 5 nitrogen and oxygen atoms in total. The van der Waals surface area contributed by atoms with Crippen LogP contribution in [0, 0.1) is 0 Å². The summed E-state index contributed by atoms with van der Waals surface area (Å²) >= 11 is 0. The summed E-state index contributed by atoms with van der Waals surface area (Å²) in [6.45, 7) is 5.08. The van der Waals surface area contributed by atoms with Crippen molar-refractivity contribution in [2.45, 2.75) is 25.8 Å². The molecule has 1 unspecified atom stereocenters. The lowest BCUT2D eigenvalue weighted by molar-refractivity contribution is -0.133. The van der Waals surface area contributed by atoms with Gasteiger partial charge in [-0.25, -0.2) is 0 Å². The summed E-state index contributed by atoms with van der Waals surface area (Å²) < 4.78 is 10.4. The van der Waals surface area contributed by atoms with E-state index >= 15 is 0 Å². The normalized spacial score (nSPS) is 24.8. The molecule has 0 amide bonds. The number of aliphatic hydroxyl groups is 1. The maximum atomic E-state index is 9.32. The average Bonchev–Trinajstić information content (AvgIpc) is 1.85. The number of ether oxygens (including phenoxy) is 2. The largest absolute Gasteiger partial charge is 0.412 e. The van der Waals surface area contributed by atoms with Crippen LogP contribution in [-0.4, -0.2) is 42.4 Å². The molecule has 5 heteroatoms. The minimum atomic E-state index is -0.897. The van der Waals surface area contributed by atoms with Crippen molar-refractivity contribution in [3.63, 3.8) is 0 Å². The summed E-state index contributed by atoms with van der Waals surface area (Å²) in [6.07, 6.45) is -0.177. The van der Waals surface area contributed by atoms with E-state index in [1.165, 1.54) is 0 Å². The smallest absolute Gasteiger partial charge is 0.133 e. The molecule has 0 spiro atoms. The van der Waals surface area contributed by atoms with Gasteiger partial charge in [0.15, 0.2) is 0 Å². The summed E-state index contributed by atoms with van der Waals surface area (Å²) in [4.78, 5) is 0. The second-order valence-electron chi connectivity index (χ2n) is 3.14. The summed E-state index contributed by atoms with van der Waals surface area (Å²) in [6, 6.07) is 0. The number of hydrogen-bond donors (Lipinski definition) is 2. The zero-order valence-electron chi connectivity index (χ0n) is 7.46. The van der Waals surface area contributed by atoms with Gasteiger partial charge in [-0.05, 0) is 13.8 Å². The van der Waals surface area contributed by atoms with Gasteiger partial charge in [-0.3, -0.25) is 5.32 Å². The molecule has 0 aromatic heterocycles. The second kappa shape index (κ2) is 4.74. The Morgan fingerprint density at radius 1 is 1.42 bits per heavy atom. The Kier molecular flexibility index (Phi) is 4.66. The molecule has 74 valence electrons. The Morgan fingerprint density at radius 3 is 2.50 bits per heavy atom. The van der Waals surface area contributed by atoms with Gasteiger partial charge in [0.05, 0.1) is 19.8 Å². The number of nitrogens with one attached hydrogen (secondary N) is 1. The predicted molar refractivity (Wildman–Crippen MR) is 43.6 cm³/mol. The molecule has 0 aromatic carbocycles. The summed E-state index contributed by atoms with van der Waals surface area (Å²) in [7, 11) is 0. The molecule has 0 saturated carbocycles. The van der Waals surface area contributed by atoms with E-state index in [0.29, 0.717) is 19.8 Å². The molecule has 1 saturated heterocycles. The highest BCUT2D eigenvalue weighted by molar-refractivity contribution is 4.67. The van der Waals surface area contributed by atoms with Crippen LogP contribution in [0.1, 0.15) is 13.8 Å². The Morgan fingerprint density at radius 2 is 2.08 bits per heavy atom. The molecular formula is C7H17NO4. The molecule has 0 radical (unpaired) electrons. The molecule has 12 heavy (non-hydrogen) atoms. The van der Waals surface area contributed by atoms with E-state index in [2.05, 4.69) is 5.32 Å². The van der Waals surface area contributed by atoms with Gasteiger partial charge in [0.2, 0.25) is 0 Å². The van der Waals surface area contributed by atoms with E-state index in [9.17, 15) is 5.11 Å². The quantitative estimate of drug-likeness (QED) is 0.524. The Labute approximate surface area is 72.0 Å². The first-order valence-electron chi connectivity index (χ1n) is 3.77. The van der Waals surface area contributed by atoms with Gasteiger partial charge in [-0.1, -0.05) is 0 Å². The predicted octanol–water partition coefficient (Wildman–Crippen LogP) is -1.15. The lowest BCUT2D eigenvalue weighted by Crippen LogP contribution is -2.51. The molecule has 0 bridgehead atoms. The van der Waals surface area contributed by atoms with Gasteiger partial charge in [0.25, 0.3) is 0 Å². The number of rotatable bonds is 2. The maximum absolute atomic E-state index is 9.32. The number of hydrogen-bond acceptors (Lipinski definition) is 4. The van der Waals surface area contributed by atoms with Crippen molar-refractivity contribution in [2.75, 3.05) is 19.8 Å². The van der Waals surface area contributed by atoms with E-state index in [1.807, 2.05) is 0 Å². The van der Waals surface area contributed by atoms with Crippen LogP contribution < -0.4 is 5.32 Å². The van der Waals surface area contributed by atoms with Crippen LogP contribution in [0.2, 0.25) is 0 Å². The summed E-state index contributed by atoms with van der Waals surface area (Å²) in [5, 5.41) is 12.2. The van der Waals surface area contributed by atoms with Crippen molar-refractivity contribution in [1.82, 2.24) is 5.32 Å². The highest BCUT2D eigenvalue weighted by Crippen LogP contribution is 2.02. The molecule has 1 rings (SSSR count). The Bertz CT molecular complexity index is 117. The highest BCUT2D eigenvalue weighted by atomic mass is 16.6. The molecular weight excluding hydrogens is 162 g/mol. The minimum Gasteiger partial charge on any atom is -0.412 e. The van der Waals surface area contributed by atoms with Gasteiger partial charge < -0.3 is 20.1 Å². The van der Waals surface area contributed by atoms with Gasteiger partial charge >= 0.3 is 0 Å². The fourth-order valence-electron chi connectivity index (χ4n) is 0.965. The third-order valence-corrected chi connectivity index (χ3v) is 1.33. The molecule has 1 aliphatic heterocycles. The topological polar surface area (TPSA) is 82.2 Å². The summed E-state index contributed by atoms with van der Waals surface area (Å²) in [5.41, 5.74) is -0.897. The standard InChI is InChI=1S/C7H15NO3.H2O/c1-7(2,9)8-6-5-10-3-4-11-6;/h6,8-9H,3-5H2,1-2H3;1H2. The third kappa shape index (κ3) is 4.63. The van der Waals surface area contributed by atoms with E-state index in [1.54, 1.807) is 13.8 Å². The molecule has 1 aliphatic rings. The van der Waals surface area contributed by atoms with E-state index in [4.69, 9.17) is 9.47 Å². The Balaban J connectivity index is 0.00000121. The fraction of sp³-hybridized carbons (Fsp3) is 1.00. The zero-order chi connectivity index (χ0) is 8.32. The van der Waals surface area contributed by atoms with Crippen LogP contribution in [0.4, 0.5) is 0 Å². The van der Waals surface area contributed by atoms with Crippen LogP contribution in [0.3, 0.4) is 0 Å². The molecule has 0 aromatic rings. The first-order chi connectivity index (χ1) is 5.08. The van der Waals surface area contributed by atoms with Crippen LogP contribution in [0.25, 0.3) is 0 Å². The minimum absolute atomic E-state index is 0. The monoisotopic (exact) mass is 179 g/mol. The van der Waals surface area contributed by atoms with Crippen molar-refractivity contribution in [2.24, 2.45) is 0 Å². The van der Waals surface area contributed by atoms with Crippen LogP contribution in [0.5, 0.6) is 0 Å². The van der Waals surface area contributed by atoms with Gasteiger partial charge in [0.1, 0.15) is 12.0 Å². The van der Waals surface area contributed by atoms with Crippen molar-refractivity contribution in [1.29, 1.82) is 0 Å². The second-order valence-corrected chi connectivity index (χ2v) is 3.14. The lowest BCUT2D eigenvalue weighted by atomic mass is 10.3. The van der Waals surface area contributed by atoms with Crippen molar-refractivity contribution >= 4 is 0 Å². The average molecular weight is 179 g/mol. The molecule has 1 heterocycles. The third-order valence-electron chi connectivity index (χ3n) is 1.33. The zero-order valence-corrected chi connectivity index (χ0v) is 7.46. The molecule has 1 fully saturated rings. The highest BCUT2D eigenvalue weighted by Gasteiger charge is 2.21. The molecule has 1 atom stereocenters. The molecule has 0 aliphatic carbocycles. The molecule has 4 N–H and O–H groups in total. The van der Waals surface area contributed by atoms with E-state index < -0.39 is 5.72 Å². The SMILES string of the molecule is CC(C)(O)NC1COCCO1.O. The van der Waals surface area contributed by atoms with Crippen LogP contribution in [-0.2, 0) is 9.47 Å². The van der Waals surface area contributed by atoms with E-state index in [-0.39, 0.29) is 11.7 Å². The maximum Gasteiger partial charge on any atom is 0.133 e. The lowest BCUT2D eigenvalue weighted by Gasteiger charge is -2.29. The van der Waals surface area contributed by atoms with E-state index in [0.717, 1.165) is 0 Å². The van der Waals surface area contributed by atoms with Gasteiger partial charge in [-0.2, -0.15) is 0 Å². The van der Waals surface area contributed by atoms with Crippen molar-refractivity contribution < 1.29 is 20.1 Å². The van der Waals surface area contributed by atoms with Gasteiger partial charge in [0, 0.05) is 0 Å². The van der Waals surface area contributed by atoms with Crippen LogP contribution in [0.15, 0.2) is 0 Å². The van der Waals surface area contributed by atoms with Crippen LogP contribution >= 0.6 is 0 Å². The van der Waals surface area contributed by atoms with Crippen molar-refractivity contribution in [3.8, 4) is 0 Å². The fourth-order valence-corrected chi connectivity index (χ4v) is 0.965. The summed E-state index contributed by atoms with van der Waals surface area (Å²) in [5.74, 6) is 0. The first kappa shape index (κ1) is 11.8. The van der Waals surface area contributed by atoms with Gasteiger partial charge in [-0.15, -0.1) is 0 Å². The van der Waals surface area contributed by atoms with Crippen molar-refractivity contribution in [3.05, 3.63) is 0 Å². The Hall–Kier alpha value is -0.200. The first-order valence-corrected chi connectivity index (χ1v) is 3.77.